The lowest BCUT2D eigenvalue weighted by Gasteiger charge is -2.02. The van der Waals surface area contributed by atoms with Crippen LogP contribution in [0, 0.1) is 11.3 Å². The van der Waals surface area contributed by atoms with Gasteiger partial charge in [0.15, 0.2) is 8.68 Å². The van der Waals surface area contributed by atoms with Crippen LogP contribution in [0.3, 0.4) is 0 Å². The van der Waals surface area contributed by atoms with Crippen LogP contribution in [0.25, 0.3) is 0 Å². The number of aliphatic hydroxyl groups excluding tert-OH is 1. The van der Waals surface area contributed by atoms with E-state index >= 15 is 0 Å². The zero-order valence-corrected chi connectivity index (χ0v) is 11.9. The first-order chi connectivity index (χ1) is 8.76. The van der Waals surface area contributed by atoms with E-state index in [-0.39, 0.29) is 6.61 Å². The fourth-order valence-corrected chi connectivity index (χ4v) is 3.72. The van der Waals surface area contributed by atoms with Crippen LogP contribution in [-0.4, -0.2) is 21.6 Å². The Bertz CT molecular complexity index is 591. The SMILES string of the molecule is CSc1nnc(Sc2ccc(CO)cc2C#N)s1. The molecule has 0 aliphatic carbocycles. The summed E-state index contributed by atoms with van der Waals surface area (Å²) < 4.78 is 1.72. The summed E-state index contributed by atoms with van der Waals surface area (Å²) in [5.41, 5.74) is 1.28. The molecule has 1 aromatic carbocycles. The van der Waals surface area contributed by atoms with Crippen molar-refractivity contribution in [3.8, 4) is 6.07 Å². The zero-order valence-electron chi connectivity index (χ0n) is 9.45. The molecular formula is C11H9N3OS3. The fourth-order valence-electron chi connectivity index (χ4n) is 1.27. The average Bonchev–Trinajstić information content (AvgIpc) is 2.87. The maximum absolute atomic E-state index is 9.09. The third kappa shape index (κ3) is 3.03. The minimum Gasteiger partial charge on any atom is -0.392 e. The molecule has 0 aliphatic rings. The summed E-state index contributed by atoms with van der Waals surface area (Å²) in [5.74, 6) is 0. The Morgan fingerprint density at radius 1 is 1.39 bits per heavy atom. The number of hydrogen-bond donors (Lipinski definition) is 1. The van der Waals surface area contributed by atoms with Gasteiger partial charge in [-0.05, 0) is 24.0 Å². The standard InChI is InChI=1S/C11H9N3OS3/c1-16-10-13-14-11(18-10)17-9-3-2-7(6-15)4-8(9)5-12/h2-4,15H,6H2,1H3. The van der Waals surface area contributed by atoms with Crippen molar-refractivity contribution < 1.29 is 5.11 Å². The molecule has 0 radical (unpaired) electrons. The molecular weight excluding hydrogens is 286 g/mol. The number of aliphatic hydroxyl groups is 1. The van der Waals surface area contributed by atoms with Crippen molar-refractivity contribution in [1.29, 1.82) is 5.26 Å². The van der Waals surface area contributed by atoms with Gasteiger partial charge < -0.3 is 5.11 Å². The number of benzene rings is 1. The molecule has 0 aliphatic heterocycles. The van der Waals surface area contributed by atoms with Crippen LogP contribution in [0.2, 0.25) is 0 Å². The molecule has 92 valence electrons. The molecule has 0 spiro atoms. The van der Waals surface area contributed by atoms with Crippen LogP contribution in [-0.2, 0) is 6.61 Å². The lowest BCUT2D eigenvalue weighted by molar-refractivity contribution is 0.281. The molecule has 2 rings (SSSR count). The third-order valence-electron chi connectivity index (χ3n) is 2.11. The molecule has 1 aromatic heterocycles. The lowest BCUT2D eigenvalue weighted by Crippen LogP contribution is -1.87. The van der Waals surface area contributed by atoms with Crippen LogP contribution >= 0.6 is 34.9 Å². The Hall–Kier alpha value is -1.07. The third-order valence-corrected chi connectivity index (χ3v) is 5.13. The number of nitriles is 1. The monoisotopic (exact) mass is 295 g/mol. The summed E-state index contributed by atoms with van der Waals surface area (Å²) >= 11 is 4.47. The second-order valence-electron chi connectivity index (χ2n) is 3.24. The van der Waals surface area contributed by atoms with Gasteiger partial charge in [0.25, 0.3) is 0 Å². The Kier molecular flexibility index (Phi) is 4.60. The van der Waals surface area contributed by atoms with E-state index in [1.165, 1.54) is 23.1 Å². The van der Waals surface area contributed by atoms with E-state index in [4.69, 9.17) is 10.4 Å². The quantitative estimate of drug-likeness (QED) is 0.875. The van der Waals surface area contributed by atoms with Gasteiger partial charge in [-0.15, -0.1) is 10.2 Å². The van der Waals surface area contributed by atoms with E-state index in [1.807, 2.05) is 12.3 Å². The van der Waals surface area contributed by atoms with E-state index in [0.29, 0.717) is 5.56 Å². The van der Waals surface area contributed by atoms with Gasteiger partial charge in [-0.3, -0.25) is 0 Å². The zero-order chi connectivity index (χ0) is 13.0. The molecule has 0 unspecified atom stereocenters. The summed E-state index contributed by atoms with van der Waals surface area (Å²) in [7, 11) is 0. The van der Waals surface area contributed by atoms with Crippen molar-refractivity contribution in [3.63, 3.8) is 0 Å². The second kappa shape index (κ2) is 6.20. The maximum atomic E-state index is 9.09. The van der Waals surface area contributed by atoms with Crippen molar-refractivity contribution in [2.75, 3.05) is 6.26 Å². The van der Waals surface area contributed by atoms with Gasteiger partial charge in [-0.1, -0.05) is 40.9 Å². The molecule has 0 saturated carbocycles. The van der Waals surface area contributed by atoms with Gasteiger partial charge in [0.2, 0.25) is 0 Å². The van der Waals surface area contributed by atoms with E-state index < -0.39 is 0 Å². The highest BCUT2D eigenvalue weighted by Crippen LogP contribution is 2.34. The minimum absolute atomic E-state index is 0.0605. The van der Waals surface area contributed by atoms with Crippen LogP contribution in [0.15, 0.2) is 31.8 Å². The number of aromatic nitrogens is 2. The van der Waals surface area contributed by atoms with Gasteiger partial charge >= 0.3 is 0 Å². The molecule has 0 fully saturated rings. The first-order valence-electron chi connectivity index (χ1n) is 4.96. The molecule has 1 N–H and O–H groups in total. The molecule has 0 atom stereocenters. The van der Waals surface area contributed by atoms with Gasteiger partial charge in [0.05, 0.1) is 12.2 Å². The first kappa shape index (κ1) is 13.4. The number of rotatable bonds is 4. The Balaban J connectivity index is 2.26. The second-order valence-corrected chi connectivity index (χ2v) is 6.56. The summed E-state index contributed by atoms with van der Waals surface area (Å²) in [6, 6.07) is 7.46. The first-order valence-corrected chi connectivity index (χ1v) is 7.82. The van der Waals surface area contributed by atoms with Crippen molar-refractivity contribution in [1.82, 2.24) is 10.2 Å². The van der Waals surface area contributed by atoms with Gasteiger partial charge in [0, 0.05) is 4.90 Å². The van der Waals surface area contributed by atoms with Crippen molar-refractivity contribution in [3.05, 3.63) is 29.3 Å². The Morgan fingerprint density at radius 2 is 2.17 bits per heavy atom. The molecule has 0 saturated heterocycles. The smallest absolute Gasteiger partial charge is 0.179 e. The summed E-state index contributed by atoms with van der Waals surface area (Å²) in [6.45, 7) is -0.0605. The van der Waals surface area contributed by atoms with Crippen LogP contribution in [0.1, 0.15) is 11.1 Å². The average molecular weight is 295 g/mol. The van der Waals surface area contributed by atoms with Crippen LogP contribution in [0.5, 0.6) is 0 Å². The van der Waals surface area contributed by atoms with Gasteiger partial charge in [0.1, 0.15) is 6.07 Å². The van der Waals surface area contributed by atoms with Gasteiger partial charge in [-0.2, -0.15) is 5.26 Å². The predicted octanol–water partition coefficient (Wildman–Crippen LogP) is 2.78. The highest BCUT2D eigenvalue weighted by atomic mass is 32.2. The van der Waals surface area contributed by atoms with Crippen molar-refractivity contribution in [2.24, 2.45) is 0 Å². The highest BCUT2D eigenvalue weighted by molar-refractivity contribution is 8.03. The highest BCUT2D eigenvalue weighted by Gasteiger charge is 2.09. The largest absolute Gasteiger partial charge is 0.392 e. The predicted molar refractivity (Wildman–Crippen MR) is 72.9 cm³/mol. The molecule has 4 nitrogen and oxygen atoms in total. The summed E-state index contributed by atoms with van der Waals surface area (Å²) in [4.78, 5) is 0.832. The van der Waals surface area contributed by atoms with E-state index in [2.05, 4.69) is 16.3 Å². The molecule has 18 heavy (non-hydrogen) atoms. The Labute approximate surface area is 117 Å². The number of thioether (sulfide) groups is 1. The number of hydrogen-bond acceptors (Lipinski definition) is 7. The number of nitrogens with zero attached hydrogens (tertiary/aromatic N) is 3. The molecule has 0 bridgehead atoms. The lowest BCUT2D eigenvalue weighted by atomic mass is 10.1. The molecule has 2 aromatic rings. The molecule has 7 heteroatoms. The maximum Gasteiger partial charge on any atom is 0.179 e. The van der Waals surface area contributed by atoms with Crippen LogP contribution < -0.4 is 0 Å². The molecule has 1 heterocycles. The van der Waals surface area contributed by atoms with E-state index in [1.54, 1.807) is 23.9 Å². The Morgan fingerprint density at radius 3 is 2.78 bits per heavy atom. The van der Waals surface area contributed by atoms with Gasteiger partial charge in [-0.25, -0.2) is 0 Å². The fraction of sp³-hybridized carbons (Fsp3) is 0.182. The molecule has 0 amide bonds. The topological polar surface area (TPSA) is 69.8 Å². The van der Waals surface area contributed by atoms with Crippen molar-refractivity contribution >= 4 is 34.9 Å². The van der Waals surface area contributed by atoms with E-state index in [9.17, 15) is 0 Å². The van der Waals surface area contributed by atoms with E-state index in [0.717, 1.165) is 19.1 Å². The normalized spacial score (nSPS) is 10.3. The minimum atomic E-state index is -0.0605. The van der Waals surface area contributed by atoms with Crippen molar-refractivity contribution in [2.45, 2.75) is 20.2 Å². The summed E-state index contributed by atoms with van der Waals surface area (Å²) in [6.07, 6.45) is 1.95. The summed E-state index contributed by atoms with van der Waals surface area (Å²) in [5, 5.41) is 26.2. The van der Waals surface area contributed by atoms with Crippen LogP contribution in [0.4, 0.5) is 0 Å².